The molecular formula is C15H21ClN2O. The Balaban J connectivity index is 1.95. The summed E-state index contributed by atoms with van der Waals surface area (Å²) in [6.07, 6.45) is 0. The molecule has 0 spiro atoms. The molecule has 0 saturated carbocycles. The number of carbonyl (C=O) groups excluding carboxylic acids is 1. The second-order valence-corrected chi connectivity index (χ2v) is 6.07. The maximum Gasteiger partial charge on any atom is 0.176 e. The number of ketones is 1. The molecule has 0 radical (unpaired) electrons. The van der Waals surface area contributed by atoms with Crippen LogP contribution in [0.3, 0.4) is 0 Å². The second-order valence-electron chi connectivity index (χ2n) is 5.63. The Hall–Kier alpha value is -0.900. The monoisotopic (exact) mass is 280 g/mol. The third kappa shape index (κ3) is 3.56. The van der Waals surface area contributed by atoms with Crippen LogP contribution >= 0.6 is 11.6 Å². The van der Waals surface area contributed by atoms with E-state index in [0.717, 1.165) is 18.7 Å². The summed E-state index contributed by atoms with van der Waals surface area (Å²) in [6.45, 7) is 4.70. The van der Waals surface area contributed by atoms with Gasteiger partial charge in [-0.2, -0.15) is 0 Å². The van der Waals surface area contributed by atoms with Crippen LogP contribution in [0.1, 0.15) is 17.3 Å². The molecule has 0 aliphatic carbocycles. The molecule has 1 saturated heterocycles. The Morgan fingerprint density at radius 3 is 2.47 bits per heavy atom. The van der Waals surface area contributed by atoms with E-state index in [9.17, 15) is 4.79 Å². The molecule has 1 aliphatic rings. The van der Waals surface area contributed by atoms with E-state index in [4.69, 9.17) is 11.6 Å². The standard InChI is InChI=1S/C15H21ClN2O/c1-11-8-18(9-14(11)17(2)3)10-15(19)12-4-6-13(16)7-5-12/h4-7,11,14H,8-10H2,1-3H3. The first kappa shape index (κ1) is 14.5. The van der Waals surface area contributed by atoms with Gasteiger partial charge < -0.3 is 4.90 Å². The molecule has 2 unspecified atom stereocenters. The first-order valence-corrected chi connectivity index (χ1v) is 7.02. The summed E-state index contributed by atoms with van der Waals surface area (Å²) < 4.78 is 0. The molecule has 1 aromatic carbocycles. The molecule has 104 valence electrons. The fourth-order valence-corrected chi connectivity index (χ4v) is 2.91. The molecular weight excluding hydrogens is 260 g/mol. The highest BCUT2D eigenvalue weighted by molar-refractivity contribution is 6.30. The number of hydrogen-bond acceptors (Lipinski definition) is 3. The molecule has 3 nitrogen and oxygen atoms in total. The van der Waals surface area contributed by atoms with E-state index in [1.807, 2.05) is 0 Å². The van der Waals surface area contributed by atoms with Gasteiger partial charge in [0, 0.05) is 29.7 Å². The van der Waals surface area contributed by atoms with Crippen molar-refractivity contribution in [3.05, 3.63) is 34.9 Å². The number of Topliss-reactive ketones (excluding diaryl/α,β-unsaturated/α-hetero) is 1. The van der Waals surface area contributed by atoms with E-state index in [1.54, 1.807) is 24.3 Å². The largest absolute Gasteiger partial charge is 0.305 e. The fraction of sp³-hybridized carbons (Fsp3) is 0.533. The van der Waals surface area contributed by atoms with E-state index >= 15 is 0 Å². The molecule has 1 aromatic rings. The Kier molecular flexibility index (Phi) is 4.61. The number of nitrogens with zero attached hydrogens (tertiary/aromatic N) is 2. The highest BCUT2D eigenvalue weighted by Gasteiger charge is 2.31. The molecule has 2 rings (SSSR count). The lowest BCUT2D eigenvalue weighted by Crippen LogP contribution is -2.35. The van der Waals surface area contributed by atoms with Crippen LogP contribution in [-0.4, -0.2) is 55.4 Å². The van der Waals surface area contributed by atoms with Gasteiger partial charge in [0.2, 0.25) is 0 Å². The summed E-state index contributed by atoms with van der Waals surface area (Å²) in [6, 6.07) is 7.67. The summed E-state index contributed by atoms with van der Waals surface area (Å²) in [5.74, 6) is 0.774. The van der Waals surface area contributed by atoms with Crippen molar-refractivity contribution >= 4 is 17.4 Å². The summed E-state index contributed by atoms with van der Waals surface area (Å²) in [4.78, 5) is 16.7. The van der Waals surface area contributed by atoms with Gasteiger partial charge in [-0.1, -0.05) is 18.5 Å². The Bertz CT molecular complexity index is 444. The predicted octanol–water partition coefficient (Wildman–Crippen LogP) is 2.40. The minimum absolute atomic E-state index is 0.170. The number of carbonyl (C=O) groups is 1. The zero-order valence-electron chi connectivity index (χ0n) is 11.8. The number of likely N-dealkylation sites (tertiary alicyclic amines) is 1. The SMILES string of the molecule is CC1CN(CC(=O)c2ccc(Cl)cc2)CC1N(C)C. The number of rotatable bonds is 4. The van der Waals surface area contributed by atoms with E-state index in [-0.39, 0.29) is 5.78 Å². The van der Waals surface area contributed by atoms with Gasteiger partial charge in [-0.15, -0.1) is 0 Å². The van der Waals surface area contributed by atoms with Crippen LogP contribution in [0.5, 0.6) is 0 Å². The Labute approximate surface area is 120 Å². The average Bonchev–Trinajstić information content (AvgIpc) is 2.71. The molecule has 1 heterocycles. The first-order valence-electron chi connectivity index (χ1n) is 6.65. The third-order valence-corrected chi connectivity index (χ3v) is 4.10. The minimum atomic E-state index is 0.170. The van der Waals surface area contributed by atoms with Crippen molar-refractivity contribution in [2.75, 3.05) is 33.7 Å². The minimum Gasteiger partial charge on any atom is -0.305 e. The van der Waals surface area contributed by atoms with E-state index in [1.165, 1.54) is 0 Å². The van der Waals surface area contributed by atoms with Crippen LogP contribution in [0.4, 0.5) is 0 Å². The number of halogens is 1. The smallest absolute Gasteiger partial charge is 0.176 e. The summed E-state index contributed by atoms with van der Waals surface area (Å²) >= 11 is 5.83. The van der Waals surface area contributed by atoms with Gasteiger partial charge in [0.05, 0.1) is 6.54 Å². The van der Waals surface area contributed by atoms with Crippen molar-refractivity contribution in [1.82, 2.24) is 9.80 Å². The van der Waals surface area contributed by atoms with Crippen molar-refractivity contribution < 1.29 is 4.79 Å². The maximum absolute atomic E-state index is 12.2. The van der Waals surface area contributed by atoms with E-state index in [0.29, 0.717) is 23.5 Å². The number of likely N-dealkylation sites (N-methyl/N-ethyl adjacent to an activating group) is 1. The highest BCUT2D eigenvalue weighted by atomic mass is 35.5. The van der Waals surface area contributed by atoms with Crippen LogP contribution in [0.2, 0.25) is 5.02 Å². The van der Waals surface area contributed by atoms with Gasteiger partial charge >= 0.3 is 0 Å². The fourth-order valence-electron chi connectivity index (χ4n) is 2.78. The molecule has 4 heteroatoms. The first-order chi connectivity index (χ1) is 8.97. The quantitative estimate of drug-likeness (QED) is 0.792. The van der Waals surface area contributed by atoms with E-state index in [2.05, 4.69) is 30.8 Å². The van der Waals surface area contributed by atoms with Gasteiger partial charge in [-0.05, 0) is 44.3 Å². The van der Waals surface area contributed by atoms with Crippen molar-refractivity contribution in [2.24, 2.45) is 5.92 Å². The van der Waals surface area contributed by atoms with Crippen molar-refractivity contribution in [3.63, 3.8) is 0 Å². The summed E-state index contributed by atoms with van der Waals surface area (Å²) in [7, 11) is 4.21. The van der Waals surface area contributed by atoms with Crippen LogP contribution in [0.15, 0.2) is 24.3 Å². The summed E-state index contributed by atoms with van der Waals surface area (Å²) in [5.41, 5.74) is 0.741. The number of hydrogen-bond donors (Lipinski definition) is 0. The Morgan fingerprint density at radius 1 is 1.32 bits per heavy atom. The Morgan fingerprint density at radius 2 is 1.95 bits per heavy atom. The second kappa shape index (κ2) is 6.04. The molecule has 0 N–H and O–H groups in total. The third-order valence-electron chi connectivity index (χ3n) is 3.84. The maximum atomic E-state index is 12.2. The van der Waals surface area contributed by atoms with Crippen molar-refractivity contribution in [3.8, 4) is 0 Å². The highest BCUT2D eigenvalue weighted by Crippen LogP contribution is 2.20. The zero-order chi connectivity index (χ0) is 14.0. The van der Waals surface area contributed by atoms with Gasteiger partial charge in [-0.3, -0.25) is 9.69 Å². The van der Waals surface area contributed by atoms with E-state index < -0.39 is 0 Å². The molecule has 0 amide bonds. The lowest BCUT2D eigenvalue weighted by Gasteiger charge is -2.22. The average molecular weight is 281 g/mol. The molecule has 2 atom stereocenters. The van der Waals surface area contributed by atoms with Gasteiger partial charge in [-0.25, -0.2) is 0 Å². The van der Waals surface area contributed by atoms with Crippen molar-refractivity contribution in [2.45, 2.75) is 13.0 Å². The van der Waals surface area contributed by atoms with Gasteiger partial charge in [0.25, 0.3) is 0 Å². The van der Waals surface area contributed by atoms with Crippen LogP contribution < -0.4 is 0 Å². The topological polar surface area (TPSA) is 23.6 Å². The molecule has 1 aliphatic heterocycles. The van der Waals surface area contributed by atoms with Crippen LogP contribution in [-0.2, 0) is 0 Å². The molecule has 19 heavy (non-hydrogen) atoms. The van der Waals surface area contributed by atoms with Gasteiger partial charge in [0.15, 0.2) is 5.78 Å². The molecule has 1 fully saturated rings. The normalized spacial score (nSPS) is 24.1. The zero-order valence-corrected chi connectivity index (χ0v) is 12.5. The predicted molar refractivity (Wildman–Crippen MR) is 78.9 cm³/mol. The molecule has 0 aromatic heterocycles. The lowest BCUT2D eigenvalue weighted by molar-refractivity contribution is 0.0941. The van der Waals surface area contributed by atoms with Crippen LogP contribution in [0, 0.1) is 5.92 Å². The van der Waals surface area contributed by atoms with Crippen molar-refractivity contribution in [1.29, 1.82) is 0 Å². The van der Waals surface area contributed by atoms with Crippen LogP contribution in [0.25, 0.3) is 0 Å². The summed E-state index contributed by atoms with van der Waals surface area (Å²) in [5, 5.41) is 0.666. The van der Waals surface area contributed by atoms with Gasteiger partial charge in [0.1, 0.15) is 0 Å². The number of benzene rings is 1. The lowest BCUT2D eigenvalue weighted by atomic mass is 10.1. The molecule has 0 bridgehead atoms.